The van der Waals surface area contributed by atoms with Gasteiger partial charge in [0.1, 0.15) is 46.3 Å². The van der Waals surface area contributed by atoms with Crippen LogP contribution in [-0.4, -0.2) is 29.1 Å². The minimum Gasteiger partial charge on any atom is -0.457 e. The van der Waals surface area contributed by atoms with Crippen molar-refractivity contribution in [3.8, 4) is 46.0 Å². The van der Waals surface area contributed by atoms with E-state index < -0.39 is 0 Å². The van der Waals surface area contributed by atoms with Crippen molar-refractivity contribution in [1.82, 2.24) is 29.1 Å². The maximum Gasteiger partial charge on any atom is 0.159 e. The van der Waals surface area contributed by atoms with Crippen molar-refractivity contribution in [2.24, 2.45) is 0 Å². The summed E-state index contributed by atoms with van der Waals surface area (Å²) >= 11 is 0. The van der Waals surface area contributed by atoms with Gasteiger partial charge in [0, 0.05) is 70.1 Å². The number of pyridine rings is 2. The van der Waals surface area contributed by atoms with E-state index in [-0.39, 0.29) is 11.6 Å². The predicted octanol–water partition coefficient (Wildman–Crippen LogP) is 11.0. The quantitative estimate of drug-likeness (QED) is 0.164. The molecule has 0 aliphatic rings. The Morgan fingerprint density at radius 3 is 1.37 bits per heavy atom. The van der Waals surface area contributed by atoms with Gasteiger partial charge in [0.15, 0.2) is 5.82 Å². The molecular weight excluding hydrogens is 683 g/mol. The highest BCUT2D eigenvalue weighted by Crippen LogP contribution is 2.39. The van der Waals surface area contributed by atoms with Gasteiger partial charge in [-0.05, 0) is 103 Å². The lowest BCUT2D eigenvalue weighted by Crippen LogP contribution is -1.97. The Kier molecular flexibility index (Phi) is 7.32. The molecule has 0 amide bonds. The van der Waals surface area contributed by atoms with Crippen molar-refractivity contribution in [3.63, 3.8) is 0 Å². The zero-order chi connectivity index (χ0) is 36.2. The SMILES string of the molecule is Fc1ccc2c(c1)c1ccc(Oc3cc(Oc4ccc5c6cc(F)ccc6n(-c6ccccn6)c5c4)cc(-c4ncccn4)c3)cc1n2-c1ccccn1. The van der Waals surface area contributed by atoms with Gasteiger partial charge < -0.3 is 9.47 Å². The molecule has 10 aromatic rings. The van der Waals surface area contributed by atoms with Gasteiger partial charge in [-0.2, -0.15) is 0 Å². The topological polar surface area (TPSA) is 79.9 Å². The number of hydrogen-bond acceptors (Lipinski definition) is 6. The Labute approximate surface area is 306 Å². The maximum absolute atomic E-state index is 14.5. The molecule has 5 aromatic heterocycles. The minimum absolute atomic E-state index is 0.318. The molecule has 0 saturated carbocycles. The summed E-state index contributed by atoms with van der Waals surface area (Å²) in [6.07, 6.45) is 6.81. The Morgan fingerprint density at radius 2 is 0.889 bits per heavy atom. The number of hydrogen-bond donors (Lipinski definition) is 0. The van der Waals surface area contributed by atoms with E-state index in [1.165, 1.54) is 24.3 Å². The van der Waals surface area contributed by atoms with Crippen LogP contribution < -0.4 is 9.47 Å². The summed E-state index contributed by atoms with van der Waals surface area (Å²) in [5.41, 5.74) is 3.95. The van der Waals surface area contributed by atoms with Gasteiger partial charge in [-0.1, -0.05) is 12.1 Å². The smallest absolute Gasteiger partial charge is 0.159 e. The van der Waals surface area contributed by atoms with E-state index in [0.717, 1.165) is 43.6 Å². The van der Waals surface area contributed by atoms with Gasteiger partial charge in [-0.3, -0.25) is 9.13 Å². The molecule has 0 spiro atoms. The largest absolute Gasteiger partial charge is 0.457 e. The third-order valence-electron chi connectivity index (χ3n) is 9.33. The molecule has 0 atom stereocenters. The molecule has 0 radical (unpaired) electrons. The van der Waals surface area contributed by atoms with Crippen LogP contribution in [0, 0.1) is 11.6 Å². The Bertz CT molecular complexity index is 2840. The van der Waals surface area contributed by atoms with Gasteiger partial charge in [-0.15, -0.1) is 0 Å². The summed E-state index contributed by atoms with van der Waals surface area (Å²) in [5.74, 6) is 3.33. The number of aromatic nitrogens is 6. The lowest BCUT2D eigenvalue weighted by atomic mass is 10.1. The average Bonchev–Trinajstić information content (AvgIpc) is 3.69. The maximum atomic E-state index is 14.5. The molecule has 0 N–H and O–H groups in total. The second-order valence-corrected chi connectivity index (χ2v) is 12.7. The van der Waals surface area contributed by atoms with Crippen molar-refractivity contribution < 1.29 is 18.3 Å². The molecule has 0 fully saturated rings. The highest BCUT2D eigenvalue weighted by atomic mass is 19.1. The second-order valence-electron chi connectivity index (χ2n) is 12.7. The lowest BCUT2D eigenvalue weighted by Gasteiger charge is -2.13. The number of fused-ring (bicyclic) bond motifs is 6. The van der Waals surface area contributed by atoms with Gasteiger partial charge >= 0.3 is 0 Å². The van der Waals surface area contributed by atoms with Crippen LogP contribution >= 0.6 is 0 Å². The fourth-order valence-electron chi connectivity index (χ4n) is 7.08. The summed E-state index contributed by atoms with van der Waals surface area (Å²) in [7, 11) is 0. The van der Waals surface area contributed by atoms with Gasteiger partial charge in [0.25, 0.3) is 0 Å². The molecule has 10 rings (SSSR count). The minimum atomic E-state index is -0.318. The molecule has 0 bridgehead atoms. The normalized spacial score (nSPS) is 11.5. The van der Waals surface area contributed by atoms with Gasteiger partial charge in [0.05, 0.1) is 22.1 Å². The van der Waals surface area contributed by atoms with Crippen molar-refractivity contribution in [1.29, 1.82) is 0 Å². The first-order valence-electron chi connectivity index (χ1n) is 17.1. The first-order valence-corrected chi connectivity index (χ1v) is 17.1. The first-order chi connectivity index (χ1) is 26.6. The highest BCUT2D eigenvalue weighted by Gasteiger charge is 2.18. The summed E-state index contributed by atoms with van der Waals surface area (Å²) in [4.78, 5) is 18.1. The van der Waals surface area contributed by atoms with Crippen LogP contribution in [-0.2, 0) is 0 Å². The molecule has 0 aliphatic heterocycles. The van der Waals surface area contributed by atoms with Crippen LogP contribution in [0.2, 0.25) is 0 Å². The number of rotatable bonds is 7. The van der Waals surface area contributed by atoms with Crippen molar-refractivity contribution in [2.75, 3.05) is 0 Å². The molecule has 0 unspecified atom stereocenters. The molecule has 54 heavy (non-hydrogen) atoms. The predicted molar refractivity (Wildman–Crippen MR) is 205 cm³/mol. The van der Waals surface area contributed by atoms with E-state index in [4.69, 9.17) is 9.47 Å². The summed E-state index contributed by atoms with van der Waals surface area (Å²) in [6.45, 7) is 0. The first kappa shape index (κ1) is 31.3. The van der Waals surface area contributed by atoms with E-state index in [2.05, 4.69) is 19.9 Å². The molecule has 10 heteroatoms. The number of benzene rings is 5. The fourth-order valence-corrected chi connectivity index (χ4v) is 7.08. The van der Waals surface area contributed by atoms with Gasteiger partial charge in [-0.25, -0.2) is 28.7 Å². The molecule has 0 saturated heterocycles. The van der Waals surface area contributed by atoms with E-state index in [1.807, 2.05) is 94.1 Å². The number of halogens is 2. The average molecular weight is 709 g/mol. The Morgan fingerprint density at radius 1 is 0.389 bits per heavy atom. The standard InChI is InChI=1S/C44H26F2N6O2/c45-28-8-14-38-36(22-28)34-12-10-30(25-40(34)51(38)42-6-1-3-16-47-42)53-32-20-27(44-49-18-5-19-50-44)21-33(24-32)54-31-11-13-35-37-23-29(46)9-15-39(37)52(41(35)26-31)43-7-2-4-17-48-43/h1-26H. The molecule has 5 aromatic carbocycles. The van der Waals surface area contributed by atoms with Crippen LogP contribution in [0.4, 0.5) is 8.78 Å². The molecule has 5 heterocycles. The van der Waals surface area contributed by atoms with Crippen LogP contribution in [0.15, 0.2) is 158 Å². The fraction of sp³-hybridized carbons (Fsp3) is 0. The van der Waals surface area contributed by atoms with Crippen LogP contribution in [0.1, 0.15) is 0 Å². The molecular formula is C44H26F2N6O2. The van der Waals surface area contributed by atoms with Crippen molar-refractivity contribution in [2.45, 2.75) is 0 Å². The number of nitrogens with zero attached hydrogens (tertiary/aromatic N) is 6. The van der Waals surface area contributed by atoms with Crippen molar-refractivity contribution in [3.05, 3.63) is 170 Å². The number of ether oxygens (including phenoxy) is 2. The summed E-state index contributed by atoms with van der Waals surface area (Å²) in [5, 5.41) is 3.26. The molecule has 0 aliphatic carbocycles. The summed E-state index contributed by atoms with van der Waals surface area (Å²) < 4.78 is 46.0. The third-order valence-corrected chi connectivity index (χ3v) is 9.33. The van der Waals surface area contributed by atoms with Crippen LogP contribution in [0.3, 0.4) is 0 Å². The molecule has 8 nitrogen and oxygen atoms in total. The lowest BCUT2D eigenvalue weighted by molar-refractivity contribution is 0.461. The summed E-state index contributed by atoms with van der Waals surface area (Å²) in [6, 6.07) is 39.5. The van der Waals surface area contributed by atoms with Gasteiger partial charge in [0.2, 0.25) is 0 Å². The van der Waals surface area contributed by atoms with E-state index in [9.17, 15) is 8.78 Å². The zero-order valence-corrected chi connectivity index (χ0v) is 28.3. The van der Waals surface area contributed by atoms with E-state index >= 15 is 0 Å². The third kappa shape index (κ3) is 5.44. The zero-order valence-electron chi connectivity index (χ0n) is 28.3. The monoisotopic (exact) mass is 708 g/mol. The van der Waals surface area contributed by atoms with Crippen LogP contribution in [0.25, 0.3) is 66.6 Å². The highest BCUT2D eigenvalue weighted by molar-refractivity contribution is 6.10. The van der Waals surface area contributed by atoms with E-state index in [0.29, 0.717) is 46.0 Å². The Balaban J connectivity index is 1.08. The van der Waals surface area contributed by atoms with Crippen LogP contribution in [0.5, 0.6) is 23.0 Å². The molecule has 258 valence electrons. The second kappa shape index (κ2) is 12.6. The van der Waals surface area contributed by atoms with E-state index in [1.54, 1.807) is 49.1 Å². The van der Waals surface area contributed by atoms with Crippen molar-refractivity contribution >= 4 is 43.6 Å². The Hall–Kier alpha value is -7.46.